The van der Waals surface area contributed by atoms with E-state index in [0.29, 0.717) is 16.4 Å². The van der Waals surface area contributed by atoms with Gasteiger partial charge in [0.15, 0.2) is 0 Å². The first-order valence-electron chi connectivity index (χ1n) is 6.83. The van der Waals surface area contributed by atoms with Crippen LogP contribution in [0, 0.1) is 10.8 Å². The van der Waals surface area contributed by atoms with Gasteiger partial charge in [0.2, 0.25) is 0 Å². The summed E-state index contributed by atoms with van der Waals surface area (Å²) < 4.78 is 0. The highest BCUT2D eigenvalue weighted by Crippen LogP contribution is 2.50. The quantitative estimate of drug-likeness (QED) is 0.686. The average molecular weight is 244 g/mol. The molecule has 0 heterocycles. The van der Waals surface area contributed by atoms with Gasteiger partial charge in [-0.15, -0.1) is 0 Å². The van der Waals surface area contributed by atoms with Crippen LogP contribution in [0.1, 0.15) is 55.4 Å². The first kappa shape index (κ1) is 16.2. The maximum absolute atomic E-state index is 2.69. The zero-order valence-corrected chi connectivity index (χ0v) is 15.1. The van der Waals surface area contributed by atoms with Crippen molar-refractivity contribution in [2.75, 3.05) is 13.1 Å². The van der Waals surface area contributed by atoms with Gasteiger partial charge in [0.05, 0.1) is 0 Å². The zero-order chi connectivity index (χ0) is 13.2. The van der Waals surface area contributed by atoms with Crippen LogP contribution < -0.4 is 0 Å². The van der Waals surface area contributed by atoms with Gasteiger partial charge in [0.1, 0.15) is 0 Å². The van der Waals surface area contributed by atoms with E-state index in [9.17, 15) is 0 Å². The molecule has 0 unspecified atom stereocenters. The smallest absolute Gasteiger partial charge is 0.0274 e. The fourth-order valence-corrected chi connectivity index (χ4v) is 6.69. The van der Waals surface area contributed by atoms with Crippen molar-refractivity contribution < 1.29 is 0 Å². The lowest BCUT2D eigenvalue weighted by Gasteiger charge is -2.59. The third kappa shape index (κ3) is 2.53. The molecule has 0 aromatic carbocycles. The SMILES string of the molecule is CCN(CC)C(C[SiH3])(C(C)(C)C)C(C)(C)C. The van der Waals surface area contributed by atoms with Gasteiger partial charge in [-0.1, -0.05) is 55.4 Å². The average Bonchev–Trinajstić information content (AvgIpc) is 2.09. The monoisotopic (exact) mass is 243 g/mol. The van der Waals surface area contributed by atoms with Crippen LogP contribution in [-0.4, -0.2) is 33.8 Å². The molecule has 0 rings (SSSR count). The summed E-state index contributed by atoms with van der Waals surface area (Å²) in [6, 6.07) is 1.35. The first-order valence-corrected chi connectivity index (χ1v) is 8.25. The number of nitrogens with zero attached hydrogens (tertiary/aromatic N) is 1. The van der Waals surface area contributed by atoms with Gasteiger partial charge in [-0.3, -0.25) is 4.90 Å². The first-order chi connectivity index (χ1) is 7.08. The van der Waals surface area contributed by atoms with Gasteiger partial charge in [-0.25, -0.2) is 0 Å². The van der Waals surface area contributed by atoms with E-state index in [-0.39, 0.29) is 0 Å². The molecule has 0 N–H and O–H groups in total. The Kier molecular flexibility index (Phi) is 5.28. The fraction of sp³-hybridized carbons (Fsp3) is 1.00. The molecule has 0 amide bonds. The maximum Gasteiger partial charge on any atom is 0.0274 e. The summed E-state index contributed by atoms with van der Waals surface area (Å²) in [5, 5.41) is 0. The third-order valence-corrected chi connectivity index (χ3v) is 5.32. The van der Waals surface area contributed by atoms with Crippen LogP contribution in [0.5, 0.6) is 0 Å². The molecule has 0 saturated carbocycles. The Bertz CT molecular complexity index is 192. The van der Waals surface area contributed by atoms with E-state index in [1.54, 1.807) is 0 Å². The summed E-state index contributed by atoms with van der Waals surface area (Å²) in [4.78, 5) is 2.69. The van der Waals surface area contributed by atoms with E-state index in [0.717, 1.165) is 13.1 Å². The summed E-state index contributed by atoms with van der Waals surface area (Å²) in [6.07, 6.45) is 0. The Morgan fingerprint density at radius 3 is 1.19 bits per heavy atom. The highest BCUT2D eigenvalue weighted by atomic mass is 28.1. The minimum Gasteiger partial charge on any atom is -0.297 e. The Balaban J connectivity index is 5.65. The van der Waals surface area contributed by atoms with Gasteiger partial charge < -0.3 is 0 Å². The summed E-state index contributed by atoms with van der Waals surface area (Å²) in [5.41, 5.74) is 0.994. The minimum atomic E-state index is 0.329. The topological polar surface area (TPSA) is 3.24 Å². The molecule has 0 spiro atoms. The van der Waals surface area contributed by atoms with Crippen molar-refractivity contribution in [3.63, 3.8) is 0 Å². The lowest BCUT2D eigenvalue weighted by molar-refractivity contribution is -0.0685. The molecule has 2 heteroatoms. The standard InChI is InChI=1S/C14H33NSi/c1-9-15(10-2)14(11-16,12(3,4)5)13(6,7)8/h9-11H2,1-8,16H3. The molecule has 1 nitrogen and oxygen atoms in total. The maximum atomic E-state index is 2.69. The number of rotatable bonds is 4. The normalized spacial score (nSPS) is 14.8. The summed E-state index contributed by atoms with van der Waals surface area (Å²) in [5.74, 6) is 0. The molecular weight excluding hydrogens is 210 g/mol. The lowest BCUT2D eigenvalue weighted by Crippen LogP contribution is -2.64. The molecular formula is C14H33NSi. The fourth-order valence-electron chi connectivity index (χ4n) is 4.12. The molecule has 0 aromatic rings. The largest absolute Gasteiger partial charge is 0.297 e. The predicted octanol–water partition coefficient (Wildman–Crippen LogP) is 2.94. The Morgan fingerprint density at radius 2 is 1.12 bits per heavy atom. The number of hydrogen-bond acceptors (Lipinski definition) is 1. The Labute approximate surface area is 106 Å². The second kappa shape index (κ2) is 5.22. The highest BCUT2D eigenvalue weighted by Gasteiger charge is 2.51. The van der Waals surface area contributed by atoms with Gasteiger partial charge in [-0.05, 0) is 30.0 Å². The van der Waals surface area contributed by atoms with Crippen molar-refractivity contribution in [3.05, 3.63) is 0 Å². The van der Waals surface area contributed by atoms with E-state index < -0.39 is 0 Å². The molecule has 0 atom stereocenters. The van der Waals surface area contributed by atoms with Crippen molar-refractivity contribution in [2.24, 2.45) is 10.8 Å². The molecule has 0 fully saturated rings. The molecule has 0 aliphatic heterocycles. The highest BCUT2D eigenvalue weighted by molar-refractivity contribution is 6.09. The second-order valence-electron chi connectivity index (χ2n) is 6.89. The van der Waals surface area contributed by atoms with Crippen LogP contribution >= 0.6 is 0 Å². The van der Waals surface area contributed by atoms with Crippen molar-refractivity contribution in [3.8, 4) is 0 Å². The van der Waals surface area contributed by atoms with Crippen LogP contribution in [0.4, 0.5) is 0 Å². The molecule has 0 aliphatic rings. The van der Waals surface area contributed by atoms with Gasteiger partial charge >= 0.3 is 0 Å². The molecule has 0 aromatic heterocycles. The van der Waals surface area contributed by atoms with Crippen LogP contribution in [-0.2, 0) is 0 Å². The second-order valence-corrected chi connectivity index (χ2v) is 7.59. The molecule has 0 bridgehead atoms. The van der Waals surface area contributed by atoms with Gasteiger partial charge in [0.25, 0.3) is 0 Å². The molecule has 98 valence electrons. The van der Waals surface area contributed by atoms with Gasteiger partial charge in [-0.2, -0.15) is 0 Å². The third-order valence-electron chi connectivity index (χ3n) is 4.30. The Morgan fingerprint density at radius 1 is 0.812 bits per heavy atom. The van der Waals surface area contributed by atoms with Crippen LogP contribution in [0.25, 0.3) is 0 Å². The zero-order valence-electron chi connectivity index (χ0n) is 13.1. The predicted molar refractivity (Wildman–Crippen MR) is 79.3 cm³/mol. The molecule has 16 heavy (non-hydrogen) atoms. The van der Waals surface area contributed by atoms with E-state index in [4.69, 9.17) is 0 Å². The van der Waals surface area contributed by atoms with E-state index in [2.05, 4.69) is 60.3 Å². The minimum absolute atomic E-state index is 0.329. The molecule has 0 aliphatic carbocycles. The van der Waals surface area contributed by atoms with Crippen LogP contribution in [0.2, 0.25) is 6.04 Å². The molecule has 0 saturated heterocycles. The van der Waals surface area contributed by atoms with Crippen LogP contribution in [0.3, 0.4) is 0 Å². The summed E-state index contributed by atoms with van der Waals surface area (Å²) >= 11 is 0. The lowest BCUT2D eigenvalue weighted by atomic mass is 9.60. The molecule has 0 radical (unpaired) electrons. The van der Waals surface area contributed by atoms with E-state index in [1.165, 1.54) is 16.3 Å². The summed E-state index contributed by atoms with van der Waals surface area (Å²) in [7, 11) is 1.27. The van der Waals surface area contributed by atoms with E-state index in [1.807, 2.05) is 0 Å². The van der Waals surface area contributed by atoms with Crippen molar-refractivity contribution in [1.82, 2.24) is 4.90 Å². The van der Waals surface area contributed by atoms with E-state index >= 15 is 0 Å². The Hall–Kier alpha value is 0.177. The van der Waals surface area contributed by atoms with Crippen molar-refractivity contribution in [2.45, 2.75) is 67.0 Å². The van der Waals surface area contributed by atoms with Crippen molar-refractivity contribution >= 4 is 10.2 Å². The number of hydrogen-bond donors (Lipinski definition) is 0. The summed E-state index contributed by atoms with van der Waals surface area (Å²) in [6.45, 7) is 21.4. The van der Waals surface area contributed by atoms with Crippen molar-refractivity contribution in [1.29, 1.82) is 0 Å². The van der Waals surface area contributed by atoms with Crippen LogP contribution in [0.15, 0.2) is 0 Å². The van der Waals surface area contributed by atoms with Gasteiger partial charge in [0, 0.05) is 15.8 Å².